The maximum Gasteiger partial charge on any atom is 0.257 e. The molecule has 0 spiro atoms. The van der Waals surface area contributed by atoms with Gasteiger partial charge in [-0.3, -0.25) is 9.59 Å². The fourth-order valence-corrected chi connectivity index (χ4v) is 4.50. The Balaban J connectivity index is 0.00000141. The number of aldehydes is 1. The van der Waals surface area contributed by atoms with E-state index in [4.69, 9.17) is 11.6 Å². The highest BCUT2D eigenvalue weighted by molar-refractivity contribution is 7.98. The van der Waals surface area contributed by atoms with Gasteiger partial charge in [0.05, 0.1) is 21.8 Å². The quantitative estimate of drug-likeness (QED) is 0.221. The van der Waals surface area contributed by atoms with Crippen molar-refractivity contribution in [1.29, 1.82) is 0 Å². The van der Waals surface area contributed by atoms with Gasteiger partial charge in [-0.1, -0.05) is 35.9 Å². The van der Waals surface area contributed by atoms with Crippen molar-refractivity contribution in [3.63, 3.8) is 0 Å². The lowest BCUT2D eigenvalue weighted by molar-refractivity contribution is 0.102. The average molecular weight is 503 g/mol. The fraction of sp³-hybridized carbons (Fsp3) is 0.0741. The largest absolute Gasteiger partial charge is 0.333 e. The van der Waals surface area contributed by atoms with Crippen LogP contribution >= 0.6 is 23.4 Å². The van der Waals surface area contributed by atoms with E-state index in [1.165, 1.54) is 7.05 Å². The summed E-state index contributed by atoms with van der Waals surface area (Å²) in [6.07, 6.45) is 2.79. The molecule has 0 aliphatic carbocycles. The van der Waals surface area contributed by atoms with Gasteiger partial charge < -0.3 is 11.1 Å². The highest BCUT2D eigenvalue weighted by atomic mass is 35.5. The summed E-state index contributed by atoms with van der Waals surface area (Å²) < 4.78 is 1.78. The van der Waals surface area contributed by atoms with Crippen molar-refractivity contribution in [2.24, 2.45) is 5.73 Å². The molecule has 0 aliphatic heterocycles. The van der Waals surface area contributed by atoms with Crippen molar-refractivity contribution in [2.75, 3.05) is 18.6 Å². The number of carbonyl (C=O) groups is 2. The molecule has 0 saturated carbocycles. The van der Waals surface area contributed by atoms with Crippen LogP contribution in [0.3, 0.4) is 0 Å². The lowest BCUT2D eigenvalue weighted by Gasteiger charge is -2.10. The van der Waals surface area contributed by atoms with E-state index >= 15 is 0 Å². The number of aromatic nitrogens is 2. The Bertz CT molecular complexity index is 1530. The summed E-state index contributed by atoms with van der Waals surface area (Å²) in [5.74, 6) is -0.290. The molecule has 1 amide bonds. The van der Waals surface area contributed by atoms with Gasteiger partial charge in [-0.05, 0) is 73.3 Å². The summed E-state index contributed by atoms with van der Waals surface area (Å²) in [5, 5.41) is 10.5. The minimum atomic E-state index is -0.290. The van der Waals surface area contributed by atoms with Crippen molar-refractivity contribution in [2.45, 2.75) is 4.90 Å². The number of amides is 1. The van der Waals surface area contributed by atoms with Crippen molar-refractivity contribution >= 4 is 62.9 Å². The van der Waals surface area contributed by atoms with E-state index in [-0.39, 0.29) is 5.91 Å². The predicted octanol–water partition coefficient (Wildman–Crippen LogP) is 6.19. The minimum absolute atomic E-state index is 0.290. The van der Waals surface area contributed by atoms with E-state index in [2.05, 4.69) is 16.1 Å². The van der Waals surface area contributed by atoms with Gasteiger partial charge in [0.15, 0.2) is 6.29 Å². The smallest absolute Gasteiger partial charge is 0.257 e. The second-order valence-corrected chi connectivity index (χ2v) is 8.73. The summed E-state index contributed by atoms with van der Waals surface area (Å²) >= 11 is 7.84. The lowest BCUT2D eigenvalue weighted by Crippen LogP contribution is -2.12. The third-order valence-electron chi connectivity index (χ3n) is 5.49. The van der Waals surface area contributed by atoms with Crippen LogP contribution in [0.2, 0.25) is 5.02 Å². The molecule has 0 bridgehead atoms. The minimum Gasteiger partial charge on any atom is -0.333 e. The van der Waals surface area contributed by atoms with Crippen LogP contribution in [-0.2, 0) is 0 Å². The Kier molecular flexibility index (Phi) is 7.51. The molecule has 35 heavy (non-hydrogen) atoms. The Labute approximate surface area is 212 Å². The number of halogens is 1. The molecule has 5 aromatic rings. The maximum absolute atomic E-state index is 12.8. The van der Waals surface area contributed by atoms with Gasteiger partial charge in [-0.15, -0.1) is 11.8 Å². The third kappa shape index (κ3) is 4.79. The number of fused-ring (bicyclic) bond motifs is 3. The number of nitrogens with one attached hydrogen (secondary N) is 1. The second kappa shape index (κ2) is 10.7. The molecular weight excluding hydrogens is 480 g/mol. The highest BCUT2D eigenvalue weighted by Gasteiger charge is 2.16. The molecule has 176 valence electrons. The highest BCUT2D eigenvalue weighted by Crippen LogP contribution is 2.32. The average Bonchev–Trinajstić information content (AvgIpc) is 3.29. The number of hydrogen-bond acceptors (Lipinski definition) is 5. The number of benzene rings is 4. The van der Waals surface area contributed by atoms with E-state index in [9.17, 15) is 9.59 Å². The van der Waals surface area contributed by atoms with E-state index in [0.29, 0.717) is 22.0 Å². The van der Waals surface area contributed by atoms with Gasteiger partial charge in [0, 0.05) is 21.4 Å². The third-order valence-corrected chi connectivity index (χ3v) is 6.57. The van der Waals surface area contributed by atoms with E-state index in [1.807, 2.05) is 60.9 Å². The lowest BCUT2D eigenvalue weighted by atomic mass is 10.0. The first kappa shape index (κ1) is 24.5. The number of carbonyl (C=O) groups excluding carboxylic acids is 2. The molecule has 4 aromatic carbocycles. The molecule has 6 nitrogen and oxygen atoms in total. The molecule has 0 aliphatic rings. The van der Waals surface area contributed by atoms with E-state index < -0.39 is 0 Å². The first-order valence-electron chi connectivity index (χ1n) is 10.8. The zero-order valence-electron chi connectivity index (χ0n) is 19.2. The number of nitrogens with zero attached hydrogens (tertiary/aromatic N) is 2. The second-order valence-electron chi connectivity index (χ2n) is 7.44. The molecule has 0 fully saturated rings. The number of rotatable bonds is 5. The Hall–Kier alpha value is -3.65. The molecule has 1 heterocycles. The Morgan fingerprint density at radius 2 is 1.71 bits per heavy atom. The van der Waals surface area contributed by atoms with Gasteiger partial charge in [0.2, 0.25) is 0 Å². The zero-order chi connectivity index (χ0) is 24.9. The molecule has 1 aromatic heterocycles. The molecule has 3 N–H and O–H groups in total. The van der Waals surface area contributed by atoms with Gasteiger partial charge in [0.1, 0.15) is 5.69 Å². The number of anilines is 1. The van der Waals surface area contributed by atoms with Crippen molar-refractivity contribution in [3.8, 4) is 5.69 Å². The standard InChI is InChI=1S/C26H18ClN3O2S.CH5N/c1-33-19-11-9-18(10-12-19)30-25-21(24(15-31)29-30)13-7-16-6-8-17(14-22(16)25)28-26(32)20-4-2-3-5-23(20)27;1-2/h2-15H,1H3,(H,28,32);2H2,1H3. The summed E-state index contributed by atoms with van der Waals surface area (Å²) in [4.78, 5) is 25.7. The summed E-state index contributed by atoms with van der Waals surface area (Å²) in [6, 6.07) is 24.5. The molecule has 0 atom stereocenters. The van der Waals surface area contributed by atoms with Crippen molar-refractivity contribution in [1.82, 2.24) is 9.78 Å². The van der Waals surface area contributed by atoms with Crippen LogP contribution in [0.4, 0.5) is 5.69 Å². The van der Waals surface area contributed by atoms with E-state index in [0.717, 1.165) is 38.5 Å². The monoisotopic (exact) mass is 502 g/mol. The van der Waals surface area contributed by atoms with Crippen LogP contribution in [0.5, 0.6) is 0 Å². The molecule has 0 unspecified atom stereocenters. The van der Waals surface area contributed by atoms with Crippen LogP contribution in [-0.4, -0.2) is 35.3 Å². The first-order valence-corrected chi connectivity index (χ1v) is 12.4. The van der Waals surface area contributed by atoms with Crippen molar-refractivity contribution < 1.29 is 9.59 Å². The topological polar surface area (TPSA) is 90.0 Å². The van der Waals surface area contributed by atoms with Crippen LogP contribution in [0.25, 0.3) is 27.4 Å². The van der Waals surface area contributed by atoms with Gasteiger partial charge in [-0.2, -0.15) is 5.10 Å². The summed E-state index contributed by atoms with van der Waals surface area (Å²) in [7, 11) is 1.50. The number of hydrogen-bond donors (Lipinski definition) is 2. The van der Waals surface area contributed by atoms with Crippen LogP contribution in [0, 0.1) is 0 Å². The maximum atomic E-state index is 12.8. The number of nitrogens with two attached hydrogens (primary N) is 1. The van der Waals surface area contributed by atoms with Crippen LogP contribution < -0.4 is 11.1 Å². The van der Waals surface area contributed by atoms with Crippen molar-refractivity contribution in [3.05, 3.63) is 95.1 Å². The summed E-state index contributed by atoms with van der Waals surface area (Å²) in [6.45, 7) is 0. The summed E-state index contributed by atoms with van der Waals surface area (Å²) in [5.41, 5.74) is 7.55. The van der Waals surface area contributed by atoms with Gasteiger partial charge in [0.25, 0.3) is 5.91 Å². The molecule has 0 radical (unpaired) electrons. The Morgan fingerprint density at radius 1 is 1.00 bits per heavy atom. The molecule has 8 heteroatoms. The zero-order valence-corrected chi connectivity index (χ0v) is 20.7. The molecule has 0 saturated heterocycles. The Morgan fingerprint density at radius 3 is 2.40 bits per heavy atom. The fourth-order valence-electron chi connectivity index (χ4n) is 3.87. The SMILES string of the molecule is CN.CSc1ccc(-n2nc(C=O)c3ccc4ccc(NC(=O)c5ccccc5Cl)cc4c32)cc1. The molecular formula is C27H23ClN4O2S. The van der Waals surface area contributed by atoms with Gasteiger partial charge >= 0.3 is 0 Å². The number of thioether (sulfide) groups is 1. The van der Waals surface area contributed by atoms with Gasteiger partial charge in [-0.25, -0.2) is 4.68 Å². The normalized spacial score (nSPS) is 10.6. The van der Waals surface area contributed by atoms with Crippen LogP contribution in [0.1, 0.15) is 20.8 Å². The molecule has 5 rings (SSSR count). The predicted molar refractivity (Wildman–Crippen MR) is 145 cm³/mol. The van der Waals surface area contributed by atoms with E-state index in [1.54, 1.807) is 40.7 Å². The van der Waals surface area contributed by atoms with Crippen LogP contribution in [0.15, 0.2) is 83.8 Å². The first-order chi connectivity index (χ1) is 17.1.